The molecule has 114 valence electrons. The molecule has 0 amide bonds. The average molecular weight is 271 g/mol. The van der Waals surface area contributed by atoms with Crippen molar-refractivity contribution < 1.29 is 10.9 Å². The SMILES string of the molecule is [2H][C@@H](CCCCCCCCCCC)CCCC(=O)OC. The van der Waals surface area contributed by atoms with E-state index >= 15 is 0 Å². The maximum atomic E-state index is 10.9. The molecule has 2 heteroatoms. The fourth-order valence-corrected chi connectivity index (χ4v) is 2.24. The van der Waals surface area contributed by atoms with Gasteiger partial charge < -0.3 is 4.74 Å². The van der Waals surface area contributed by atoms with Gasteiger partial charge in [-0.15, -0.1) is 0 Å². The summed E-state index contributed by atoms with van der Waals surface area (Å²) in [6.07, 6.45) is 15.0. The van der Waals surface area contributed by atoms with Gasteiger partial charge in [0.05, 0.1) is 7.11 Å². The van der Waals surface area contributed by atoms with Crippen molar-refractivity contribution in [1.82, 2.24) is 0 Å². The molecule has 0 rings (SSSR count). The monoisotopic (exact) mass is 271 g/mol. The number of hydrogen-bond donors (Lipinski definition) is 0. The number of rotatable bonds is 14. The maximum absolute atomic E-state index is 10.9. The quantitative estimate of drug-likeness (QED) is 0.302. The second kappa shape index (κ2) is 15.5. The number of esters is 1. The Kier molecular flexibility index (Phi) is 13.5. The van der Waals surface area contributed by atoms with E-state index < -0.39 is 0 Å². The van der Waals surface area contributed by atoms with E-state index in [0.717, 1.165) is 19.3 Å². The molecule has 0 radical (unpaired) electrons. The van der Waals surface area contributed by atoms with Gasteiger partial charge in [0.15, 0.2) is 0 Å². The van der Waals surface area contributed by atoms with Gasteiger partial charge in [-0.1, -0.05) is 83.9 Å². The van der Waals surface area contributed by atoms with Crippen LogP contribution in [0.25, 0.3) is 0 Å². The van der Waals surface area contributed by atoms with E-state index in [9.17, 15) is 4.79 Å². The summed E-state index contributed by atoms with van der Waals surface area (Å²) in [5, 5.41) is 0. The molecule has 19 heavy (non-hydrogen) atoms. The Morgan fingerprint density at radius 3 is 1.84 bits per heavy atom. The van der Waals surface area contributed by atoms with Crippen LogP contribution < -0.4 is 0 Å². The number of ether oxygens (including phenoxy) is 1. The third-order valence-corrected chi connectivity index (χ3v) is 3.53. The zero-order chi connectivity index (χ0) is 15.1. The first kappa shape index (κ1) is 16.5. The highest BCUT2D eigenvalue weighted by atomic mass is 16.5. The highest BCUT2D eigenvalue weighted by molar-refractivity contribution is 5.68. The van der Waals surface area contributed by atoms with Crippen molar-refractivity contribution in [3.05, 3.63) is 0 Å². The van der Waals surface area contributed by atoms with Gasteiger partial charge in [0, 0.05) is 7.79 Å². The Hall–Kier alpha value is -0.530. The van der Waals surface area contributed by atoms with Gasteiger partial charge in [0.1, 0.15) is 0 Å². The molecule has 0 saturated heterocycles. The zero-order valence-corrected chi connectivity index (χ0v) is 13.1. The Morgan fingerprint density at radius 1 is 0.842 bits per heavy atom. The standard InChI is InChI=1S/C17H34O2/c1-3-4-5-6-7-8-9-10-11-12-13-14-15-16-17(18)19-2/h3-16H2,1-2H3/i13D/t13-/m0/s1. The molecule has 0 saturated carbocycles. The van der Waals surface area contributed by atoms with Crippen molar-refractivity contribution in [2.45, 2.75) is 96.8 Å². The molecule has 0 heterocycles. The van der Waals surface area contributed by atoms with Crippen molar-refractivity contribution in [3.63, 3.8) is 0 Å². The number of hydrogen-bond acceptors (Lipinski definition) is 2. The summed E-state index contributed by atoms with van der Waals surface area (Å²) in [6, 6.07) is 0. The third kappa shape index (κ3) is 15.4. The van der Waals surface area contributed by atoms with Crippen LogP contribution in [-0.4, -0.2) is 13.1 Å². The molecule has 0 aliphatic heterocycles. The molecule has 0 bridgehead atoms. The Bertz CT molecular complexity index is 219. The number of methoxy groups -OCH3 is 1. The normalized spacial score (nSPS) is 13.1. The van der Waals surface area contributed by atoms with Gasteiger partial charge in [-0.3, -0.25) is 4.79 Å². The lowest BCUT2D eigenvalue weighted by molar-refractivity contribution is -0.140. The maximum Gasteiger partial charge on any atom is 0.305 e. The van der Waals surface area contributed by atoms with E-state index in [-0.39, 0.29) is 12.4 Å². The number of unbranched alkanes of at least 4 members (excludes halogenated alkanes) is 8. The second-order valence-electron chi connectivity index (χ2n) is 5.37. The van der Waals surface area contributed by atoms with Gasteiger partial charge in [0.2, 0.25) is 0 Å². The van der Waals surface area contributed by atoms with Crippen molar-refractivity contribution in [2.75, 3.05) is 7.11 Å². The highest BCUT2D eigenvalue weighted by Crippen LogP contribution is 2.12. The molecule has 1 atom stereocenters. The molecular weight excluding hydrogens is 236 g/mol. The van der Waals surface area contributed by atoms with Crippen molar-refractivity contribution in [2.24, 2.45) is 0 Å². The molecule has 0 aromatic heterocycles. The van der Waals surface area contributed by atoms with Gasteiger partial charge in [-0.05, 0) is 6.42 Å². The summed E-state index contributed by atoms with van der Waals surface area (Å²) in [7, 11) is 1.42. The smallest absolute Gasteiger partial charge is 0.305 e. The largest absolute Gasteiger partial charge is 0.469 e. The van der Waals surface area contributed by atoms with E-state index in [1.54, 1.807) is 0 Å². The Morgan fingerprint density at radius 2 is 1.32 bits per heavy atom. The van der Waals surface area contributed by atoms with Crippen LogP contribution in [0.2, 0.25) is 0 Å². The van der Waals surface area contributed by atoms with Gasteiger partial charge in [0.25, 0.3) is 0 Å². The number of carbonyl (C=O) groups excluding carboxylic acids is 1. The van der Waals surface area contributed by atoms with Crippen LogP contribution in [0.15, 0.2) is 0 Å². The molecular formula is C17H34O2. The summed E-state index contributed by atoms with van der Waals surface area (Å²) in [6.45, 7) is 2.25. The lowest BCUT2D eigenvalue weighted by Crippen LogP contribution is -1.99. The molecule has 0 aliphatic carbocycles. The molecule has 0 N–H and O–H groups in total. The second-order valence-corrected chi connectivity index (χ2v) is 5.37. The van der Waals surface area contributed by atoms with Gasteiger partial charge in [-0.25, -0.2) is 0 Å². The molecule has 0 aliphatic rings. The Labute approximate surface area is 121 Å². The minimum absolute atomic E-state index is 0.00390. The third-order valence-electron chi connectivity index (χ3n) is 3.53. The molecule has 0 unspecified atom stereocenters. The predicted molar refractivity (Wildman–Crippen MR) is 82.3 cm³/mol. The van der Waals surface area contributed by atoms with E-state index in [1.165, 1.54) is 64.9 Å². The summed E-state index contributed by atoms with van der Waals surface area (Å²) < 4.78 is 12.5. The molecule has 0 aromatic rings. The van der Waals surface area contributed by atoms with E-state index in [2.05, 4.69) is 11.7 Å². The summed E-state index contributed by atoms with van der Waals surface area (Å²) in [5.74, 6) is -0.153. The fourth-order valence-electron chi connectivity index (χ4n) is 2.24. The first-order chi connectivity index (χ1) is 9.70. The Balaban J connectivity index is 3.19. The van der Waals surface area contributed by atoms with Crippen LogP contribution >= 0.6 is 0 Å². The minimum Gasteiger partial charge on any atom is -0.469 e. The molecule has 0 aromatic carbocycles. The van der Waals surface area contributed by atoms with Crippen LogP contribution in [0.4, 0.5) is 0 Å². The average Bonchev–Trinajstić information content (AvgIpc) is 2.45. The minimum atomic E-state index is -0.153. The van der Waals surface area contributed by atoms with Crippen LogP contribution in [0.3, 0.4) is 0 Å². The predicted octanol–water partition coefficient (Wildman–Crippen LogP) is 5.64. The molecule has 0 fully saturated rings. The summed E-state index contributed by atoms with van der Waals surface area (Å²) in [4.78, 5) is 10.9. The summed E-state index contributed by atoms with van der Waals surface area (Å²) >= 11 is 0. The van der Waals surface area contributed by atoms with Crippen LogP contribution in [-0.2, 0) is 9.53 Å². The van der Waals surface area contributed by atoms with Crippen molar-refractivity contribution in [1.29, 1.82) is 0 Å². The topological polar surface area (TPSA) is 26.3 Å². The first-order valence-electron chi connectivity index (χ1n) is 8.77. The van der Waals surface area contributed by atoms with Crippen LogP contribution in [0.5, 0.6) is 0 Å². The van der Waals surface area contributed by atoms with Crippen LogP contribution in [0.1, 0.15) is 98.2 Å². The summed E-state index contributed by atoms with van der Waals surface area (Å²) in [5.41, 5.74) is 0. The van der Waals surface area contributed by atoms with E-state index in [1.807, 2.05) is 0 Å². The lowest BCUT2D eigenvalue weighted by atomic mass is 10.0. The fraction of sp³-hybridized carbons (Fsp3) is 0.941. The molecule has 0 spiro atoms. The van der Waals surface area contributed by atoms with Crippen LogP contribution in [0, 0.1) is 0 Å². The van der Waals surface area contributed by atoms with Gasteiger partial charge in [-0.2, -0.15) is 0 Å². The zero-order valence-electron chi connectivity index (χ0n) is 14.1. The number of carbonyl (C=O) groups is 1. The lowest BCUT2D eigenvalue weighted by Gasteiger charge is -2.03. The first-order valence-corrected chi connectivity index (χ1v) is 8.19. The van der Waals surface area contributed by atoms with Crippen molar-refractivity contribution in [3.8, 4) is 0 Å². The highest BCUT2D eigenvalue weighted by Gasteiger charge is 1.99. The van der Waals surface area contributed by atoms with E-state index in [4.69, 9.17) is 1.37 Å². The van der Waals surface area contributed by atoms with Crippen molar-refractivity contribution >= 4 is 5.97 Å². The van der Waals surface area contributed by atoms with E-state index in [0.29, 0.717) is 6.42 Å². The molecule has 2 nitrogen and oxygen atoms in total. The van der Waals surface area contributed by atoms with Gasteiger partial charge >= 0.3 is 5.97 Å².